The third kappa shape index (κ3) is 2.15. The molecule has 0 saturated carbocycles. The van der Waals surface area contributed by atoms with Gasteiger partial charge in [-0.2, -0.15) is 0 Å². The average Bonchev–Trinajstić information content (AvgIpc) is 2.91. The van der Waals surface area contributed by atoms with E-state index in [1.807, 2.05) is 0 Å². The first-order chi connectivity index (χ1) is 10.2. The molecule has 0 aliphatic heterocycles. The molecule has 1 N–H and O–H groups in total. The van der Waals surface area contributed by atoms with E-state index >= 15 is 0 Å². The fraction of sp³-hybridized carbons (Fsp3) is 0.316. The van der Waals surface area contributed by atoms with Crippen LogP contribution in [0.4, 0.5) is 0 Å². The maximum atomic E-state index is 4.89. The van der Waals surface area contributed by atoms with Gasteiger partial charge in [-0.3, -0.25) is 0 Å². The number of H-pyrrole nitrogens is 1. The standard InChI is InChI=1S/C19H20N2/c1-12-9-13(2)18-17(10-12)20-19(21-18)16-8-7-14-5-3-4-6-15(14)11-16/h3-6,9-10,16H,7-8,11H2,1-2H3,(H,20,21). The molecule has 1 unspecified atom stereocenters. The summed E-state index contributed by atoms with van der Waals surface area (Å²) in [5.74, 6) is 1.68. The predicted octanol–water partition coefficient (Wildman–Crippen LogP) is 4.45. The van der Waals surface area contributed by atoms with Crippen molar-refractivity contribution >= 4 is 11.0 Å². The van der Waals surface area contributed by atoms with Crippen LogP contribution in [0.2, 0.25) is 0 Å². The van der Waals surface area contributed by atoms with Gasteiger partial charge >= 0.3 is 0 Å². The molecule has 106 valence electrons. The van der Waals surface area contributed by atoms with E-state index in [-0.39, 0.29) is 0 Å². The average molecular weight is 276 g/mol. The summed E-state index contributed by atoms with van der Waals surface area (Å²) in [5, 5.41) is 0. The number of fused-ring (bicyclic) bond motifs is 2. The van der Waals surface area contributed by atoms with Crippen LogP contribution in [-0.2, 0) is 12.8 Å². The highest BCUT2D eigenvalue weighted by molar-refractivity contribution is 5.79. The fourth-order valence-corrected chi connectivity index (χ4v) is 3.61. The summed E-state index contributed by atoms with van der Waals surface area (Å²) in [4.78, 5) is 8.46. The molecule has 1 aromatic heterocycles. The summed E-state index contributed by atoms with van der Waals surface area (Å²) in [6.45, 7) is 4.29. The first kappa shape index (κ1) is 12.6. The maximum absolute atomic E-state index is 4.89. The second-order valence-corrected chi connectivity index (χ2v) is 6.31. The van der Waals surface area contributed by atoms with Gasteiger partial charge < -0.3 is 4.98 Å². The van der Waals surface area contributed by atoms with Gasteiger partial charge in [0.1, 0.15) is 5.82 Å². The third-order valence-electron chi connectivity index (χ3n) is 4.67. The number of aromatic nitrogens is 2. The van der Waals surface area contributed by atoms with Gasteiger partial charge in [0.25, 0.3) is 0 Å². The second kappa shape index (κ2) is 4.73. The van der Waals surface area contributed by atoms with E-state index in [9.17, 15) is 0 Å². The SMILES string of the molecule is Cc1cc(C)c2nc(C3CCc4ccccc4C3)[nH]c2c1. The smallest absolute Gasteiger partial charge is 0.110 e. The molecule has 1 aliphatic rings. The molecular formula is C19H20N2. The van der Waals surface area contributed by atoms with E-state index in [2.05, 4.69) is 55.2 Å². The summed E-state index contributed by atoms with van der Waals surface area (Å²) >= 11 is 0. The van der Waals surface area contributed by atoms with Gasteiger partial charge in [-0.05, 0) is 61.4 Å². The molecule has 0 radical (unpaired) electrons. The molecule has 1 atom stereocenters. The van der Waals surface area contributed by atoms with E-state index in [0.717, 1.165) is 24.2 Å². The van der Waals surface area contributed by atoms with Crippen molar-refractivity contribution in [2.24, 2.45) is 0 Å². The highest BCUT2D eigenvalue weighted by atomic mass is 14.9. The quantitative estimate of drug-likeness (QED) is 0.698. The van der Waals surface area contributed by atoms with Crippen LogP contribution in [0.25, 0.3) is 11.0 Å². The Kier molecular flexibility index (Phi) is 2.85. The van der Waals surface area contributed by atoms with Crippen LogP contribution in [0.1, 0.15) is 40.4 Å². The Hall–Kier alpha value is -2.09. The molecule has 0 amide bonds. The van der Waals surface area contributed by atoms with Crippen molar-refractivity contribution < 1.29 is 0 Å². The molecule has 0 saturated heterocycles. The van der Waals surface area contributed by atoms with Gasteiger partial charge in [-0.15, -0.1) is 0 Å². The molecule has 1 aliphatic carbocycles. The first-order valence-corrected chi connectivity index (χ1v) is 7.74. The minimum atomic E-state index is 0.520. The normalized spacial score (nSPS) is 17.9. The molecule has 2 heteroatoms. The Morgan fingerprint density at radius 3 is 2.76 bits per heavy atom. The summed E-state index contributed by atoms with van der Waals surface area (Å²) < 4.78 is 0. The molecule has 0 bridgehead atoms. The van der Waals surface area contributed by atoms with Crippen LogP contribution in [0.3, 0.4) is 0 Å². The van der Waals surface area contributed by atoms with E-state index in [1.54, 1.807) is 0 Å². The Morgan fingerprint density at radius 2 is 1.90 bits per heavy atom. The first-order valence-electron chi connectivity index (χ1n) is 7.74. The molecule has 21 heavy (non-hydrogen) atoms. The summed E-state index contributed by atoms with van der Waals surface area (Å²) in [6.07, 6.45) is 3.46. The van der Waals surface area contributed by atoms with Gasteiger partial charge in [-0.25, -0.2) is 4.98 Å². The number of hydrogen-bond acceptors (Lipinski definition) is 1. The summed E-state index contributed by atoms with van der Waals surface area (Å²) in [5.41, 5.74) is 7.88. The van der Waals surface area contributed by atoms with Gasteiger partial charge in [-0.1, -0.05) is 30.3 Å². The van der Waals surface area contributed by atoms with E-state index in [0.29, 0.717) is 5.92 Å². The molecule has 4 rings (SSSR count). The molecule has 1 heterocycles. The molecule has 2 aromatic carbocycles. The maximum Gasteiger partial charge on any atom is 0.110 e. The summed E-state index contributed by atoms with van der Waals surface area (Å²) in [7, 11) is 0. The van der Waals surface area contributed by atoms with Crippen LogP contribution in [-0.4, -0.2) is 9.97 Å². The van der Waals surface area contributed by atoms with Crippen LogP contribution in [0.15, 0.2) is 36.4 Å². The number of hydrogen-bond donors (Lipinski definition) is 1. The molecule has 2 nitrogen and oxygen atoms in total. The highest BCUT2D eigenvalue weighted by Gasteiger charge is 2.22. The van der Waals surface area contributed by atoms with Crippen LogP contribution >= 0.6 is 0 Å². The molecule has 0 spiro atoms. The topological polar surface area (TPSA) is 28.7 Å². The molecule has 3 aromatic rings. The van der Waals surface area contributed by atoms with E-state index in [1.165, 1.54) is 34.2 Å². The lowest BCUT2D eigenvalue weighted by molar-refractivity contribution is 0.561. The number of imidazole rings is 1. The lowest BCUT2D eigenvalue weighted by atomic mass is 9.83. The number of nitrogens with one attached hydrogen (secondary N) is 1. The van der Waals surface area contributed by atoms with Crippen LogP contribution in [0.5, 0.6) is 0 Å². The van der Waals surface area contributed by atoms with Crippen molar-refractivity contribution in [1.29, 1.82) is 0 Å². The van der Waals surface area contributed by atoms with E-state index < -0.39 is 0 Å². The lowest BCUT2D eigenvalue weighted by Gasteiger charge is -2.22. The van der Waals surface area contributed by atoms with Gasteiger partial charge in [0.15, 0.2) is 0 Å². The largest absolute Gasteiger partial charge is 0.342 e. The Labute approximate surface area is 125 Å². The number of aromatic amines is 1. The minimum absolute atomic E-state index is 0.520. The lowest BCUT2D eigenvalue weighted by Crippen LogP contribution is -2.13. The Morgan fingerprint density at radius 1 is 1.10 bits per heavy atom. The third-order valence-corrected chi connectivity index (χ3v) is 4.67. The van der Waals surface area contributed by atoms with Crippen LogP contribution in [0, 0.1) is 13.8 Å². The molecular weight excluding hydrogens is 256 g/mol. The monoisotopic (exact) mass is 276 g/mol. The van der Waals surface area contributed by atoms with Crippen molar-refractivity contribution in [2.45, 2.75) is 39.0 Å². The molecule has 0 fully saturated rings. The van der Waals surface area contributed by atoms with Gasteiger partial charge in [0.2, 0.25) is 0 Å². The zero-order valence-corrected chi connectivity index (χ0v) is 12.6. The minimum Gasteiger partial charge on any atom is -0.342 e. The van der Waals surface area contributed by atoms with Crippen molar-refractivity contribution in [2.75, 3.05) is 0 Å². The zero-order valence-electron chi connectivity index (χ0n) is 12.6. The van der Waals surface area contributed by atoms with Crippen molar-refractivity contribution in [3.05, 3.63) is 64.5 Å². The van der Waals surface area contributed by atoms with E-state index in [4.69, 9.17) is 4.98 Å². The summed E-state index contributed by atoms with van der Waals surface area (Å²) in [6, 6.07) is 13.2. The van der Waals surface area contributed by atoms with Crippen molar-refractivity contribution in [3.8, 4) is 0 Å². The van der Waals surface area contributed by atoms with Gasteiger partial charge in [0.05, 0.1) is 11.0 Å². The number of benzene rings is 2. The highest BCUT2D eigenvalue weighted by Crippen LogP contribution is 2.32. The Bertz CT molecular complexity index is 814. The zero-order chi connectivity index (χ0) is 14.4. The predicted molar refractivity (Wildman–Crippen MR) is 86.8 cm³/mol. The van der Waals surface area contributed by atoms with Gasteiger partial charge in [0, 0.05) is 5.92 Å². The number of rotatable bonds is 1. The van der Waals surface area contributed by atoms with Crippen molar-refractivity contribution in [3.63, 3.8) is 0 Å². The second-order valence-electron chi connectivity index (χ2n) is 6.31. The number of aryl methyl sites for hydroxylation is 3. The van der Waals surface area contributed by atoms with Crippen molar-refractivity contribution in [1.82, 2.24) is 9.97 Å². The number of nitrogens with zero attached hydrogens (tertiary/aromatic N) is 1. The Balaban J connectivity index is 1.73. The fourth-order valence-electron chi connectivity index (χ4n) is 3.61. The van der Waals surface area contributed by atoms with Crippen LogP contribution < -0.4 is 0 Å².